The van der Waals surface area contributed by atoms with E-state index < -0.39 is 12.0 Å². The molecule has 2 rings (SSSR count). The van der Waals surface area contributed by atoms with Gasteiger partial charge in [0, 0.05) is 41.8 Å². The standard InChI is InChI=1S/C15H22N4O2S/c1-9-11(8-19(5)18-9)12(13(20)21)16-6-10-7-17-14(22-10)15(2,3)4/h7-8,12,16H,6H2,1-5H3,(H,20,21). The van der Waals surface area contributed by atoms with Crippen LogP contribution in [0.2, 0.25) is 0 Å². The van der Waals surface area contributed by atoms with E-state index in [0.29, 0.717) is 12.1 Å². The Bertz CT molecular complexity index is 669. The van der Waals surface area contributed by atoms with Crippen LogP contribution in [0.5, 0.6) is 0 Å². The molecule has 120 valence electrons. The van der Waals surface area contributed by atoms with Gasteiger partial charge < -0.3 is 5.11 Å². The maximum absolute atomic E-state index is 11.5. The number of aromatic nitrogens is 3. The molecule has 0 spiro atoms. The maximum atomic E-state index is 11.5. The van der Waals surface area contributed by atoms with E-state index in [0.717, 1.165) is 15.6 Å². The summed E-state index contributed by atoms with van der Waals surface area (Å²) in [4.78, 5) is 17.0. The van der Waals surface area contributed by atoms with Gasteiger partial charge in [-0.2, -0.15) is 5.10 Å². The predicted octanol–water partition coefficient (Wildman–Crippen LogP) is 2.40. The van der Waals surface area contributed by atoms with Gasteiger partial charge in [0.05, 0.1) is 10.7 Å². The summed E-state index contributed by atoms with van der Waals surface area (Å²) < 4.78 is 1.63. The molecule has 0 fully saturated rings. The van der Waals surface area contributed by atoms with Gasteiger partial charge in [0.1, 0.15) is 6.04 Å². The largest absolute Gasteiger partial charge is 0.480 e. The van der Waals surface area contributed by atoms with E-state index >= 15 is 0 Å². The van der Waals surface area contributed by atoms with Crippen LogP contribution in [-0.2, 0) is 23.8 Å². The Morgan fingerprint density at radius 3 is 2.64 bits per heavy atom. The highest BCUT2D eigenvalue weighted by molar-refractivity contribution is 7.11. The molecular weight excluding hydrogens is 300 g/mol. The molecule has 0 aliphatic heterocycles. The van der Waals surface area contributed by atoms with Crippen LogP contribution in [0.3, 0.4) is 0 Å². The fourth-order valence-electron chi connectivity index (χ4n) is 2.17. The van der Waals surface area contributed by atoms with E-state index in [1.54, 1.807) is 29.3 Å². The smallest absolute Gasteiger partial charge is 0.325 e. The lowest BCUT2D eigenvalue weighted by Gasteiger charge is -2.14. The van der Waals surface area contributed by atoms with Crippen LogP contribution in [0.1, 0.15) is 48.0 Å². The fraction of sp³-hybridized carbons (Fsp3) is 0.533. The minimum atomic E-state index is -0.906. The molecule has 22 heavy (non-hydrogen) atoms. The third-order valence-corrected chi connectivity index (χ3v) is 4.71. The van der Waals surface area contributed by atoms with Gasteiger partial charge >= 0.3 is 5.97 Å². The molecule has 0 aliphatic rings. The Morgan fingerprint density at radius 1 is 1.50 bits per heavy atom. The number of carboxylic acids is 1. The van der Waals surface area contributed by atoms with Crippen LogP contribution in [0.25, 0.3) is 0 Å². The molecule has 0 radical (unpaired) electrons. The molecule has 0 aliphatic carbocycles. The molecule has 1 unspecified atom stereocenters. The minimum Gasteiger partial charge on any atom is -0.480 e. The number of carbonyl (C=O) groups is 1. The first-order valence-electron chi connectivity index (χ1n) is 7.10. The summed E-state index contributed by atoms with van der Waals surface area (Å²) in [5.41, 5.74) is 1.42. The van der Waals surface area contributed by atoms with Crippen LogP contribution >= 0.6 is 11.3 Å². The van der Waals surface area contributed by atoms with Gasteiger partial charge in [0.25, 0.3) is 0 Å². The van der Waals surface area contributed by atoms with Crippen molar-refractivity contribution in [3.05, 3.63) is 33.5 Å². The first kappa shape index (κ1) is 16.6. The molecule has 0 bridgehead atoms. The molecular formula is C15H22N4O2S. The fourth-order valence-corrected chi connectivity index (χ4v) is 3.09. The van der Waals surface area contributed by atoms with Crippen molar-refractivity contribution in [2.24, 2.45) is 7.05 Å². The van der Waals surface area contributed by atoms with Gasteiger partial charge in [-0.05, 0) is 6.92 Å². The zero-order chi connectivity index (χ0) is 16.5. The minimum absolute atomic E-state index is 0.00898. The van der Waals surface area contributed by atoms with Crippen molar-refractivity contribution in [2.75, 3.05) is 0 Å². The normalized spacial score (nSPS) is 13.3. The summed E-state index contributed by atoms with van der Waals surface area (Å²) in [6.45, 7) is 8.63. The highest BCUT2D eigenvalue weighted by Crippen LogP contribution is 2.27. The molecule has 2 aromatic rings. The summed E-state index contributed by atoms with van der Waals surface area (Å²) in [5, 5.41) is 17.8. The molecule has 0 aromatic carbocycles. The Labute approximate surface area is 134 Å². The van der Waals surface area contributed by atoms with Crippen LogP contribution in [0.4, 0.5) is 0 Å². The van der Waals surface area contributed by atoms with E-state index in [2.05, 4.69) is 36.2 Å². The number of nitrogens with one attached hydrogen (secondary N) is 1. The predicted molar refractivity (Wildman–Crippen MR) is 86.0 cm³/mol. The number of aryl methyl sites for hydroxylation is 2. The molecule has 6 nitrogen and oxygen atoms in total. The van der Waals surface area contributed by atoms with Crippen molar-refractivity contribution < 1.29 is 9.90 Å². The number of rotatable bonds is 5. The molecule has 2 N–H and O–H groups in total. The second-order valence-electron chi connectivity index (χ2n) is 6.38. The maximum Gasteiger partial charge on any atom is 0.325 e. The highest BCUT2D eigenvalue weighted by Gasteiger charge is 2.24. The lowest BCUT2D eigenvalue weighted by Crippen LogP contribution is -2.28. The Morgan fingerprint density at radius 2 is 2.18 bits per heavy atom. The van der Waals surface area contributed by atoms with E-state index in [1.807, 2.05) is 13.1 Å². The second kappa shape index (κ2) is 6.18. The number of carboxylic acid groups (broad SMARTS) is 1. The van der Waals surface area contributed by atoms with Gasteiger partial charge in [-0.3, -0.25) is 14.8 Å². The van der Waals surface area contributed by atoms with Crippen molar-refractivity contribution >= 4 is 17.3 Å². The van der Waals surface area contributed by atoms with Crippen LogP contribution < -0.4 is 5.32 Å². The Hall–Kier alpha value is -1.73. The van der Waals surface area contributed by atoms with E-state index in [4.69, 9.17) is 0 Å². The van der Waals surface area contributed by atoms with Gasteiger partial charge in [-0.15, -0.1) is 11.3 Å². The van der Waals surface area contributed by atoms with Gasteiger partial charge in [0.15, 0.2) is 0 Å². The lowest BCUT2D eigenvalue weighted by atomic mass is 9.98. The van der Waals surface area contributed by atoms with Crippen molar-refractivity contribution in [1.29, 1.82) is 0 Å². The van der Waals surface area contributed by atoms with Crippen molar-refractivity contribution in [3.63, 3.8) is 0 Å². The summed E-state index contributed by atoms with van der Waals surface area (Å²) in [6, 6.07) is -0.770. The van der Waals surface area contributed by atoms with Crippen LogP contribution in [-0.4, -0.2) is 25.8 Å². The summed E-state index contributed by atoms with van der Waals surface area (Å²) >= 11 is 1.61. The second-order valence-corrected chi connectivity index (χ2v) is 7.49. The molecule has 2 aromatic heterocycles. The molecule has 0 saturated heterocycles. The molecule has 2 heterocycles. The number of hydrogen-bond acceptors (Lipinski definition) is 5. The van der Waals surface area contributed by atoms with Crippen molar-refractivity contribution in [2.45, 2.75) is 45.7 Å². The quantitative estimate of drug-likeness (QED) is 0.883. The monoisotopic (exact) mass is 322 g/mol. The highest BCUT2D eigenvalue weighted by atomic mass is 32.1. The third-order valence-electron chi connectivity index (χ3n) is 3.28. The SMILES string of the molecule is Cc1nn(C)cc1C(NCc1cnc(C(C)(C)C)s1)C(=O)O. The average Bonchev–Trinajstić information content (AvgIpc) is 2.96. The van der Waals surface area contributed by atoms with E-state index in [1.165, 1.54) is 0 Å². The molecule has 0 amide bonds. The zero-order valence-electron chi connectivity index (χ0n) is 13.5. The van der Waals surface area contributed by atoms with Gasteiger partial charge in [0.2, 0.25) is 0 Å². The van der Waals surface area contributed by atoms with Crippen molar-refractivity contribution in [3.8, 4) is 0 Å². The summed E-state index contributed by atoms with van der Waals surface area (Å²) in [5.74, 6) is -0.906. The molecule has 1 atom stereocenters. The van der Waals surface area contributed by atoms with E-state index in [-0.39, 0.29) is 5.41 Å². The third kappa shape index (κ3) is 3.72. The average molecular weight is 322 g/mol. The number of hydrogen-bond donors (Lipinski definition) is 2. The number of thiazole rings is 1. The van der Waals surface area contributed by atoms with Gasteiger partial charge in [-0.1, -0.05) is 20.8 Å². The zero-order valence-corrected chi connectivity index (χ0v) is 14.4. The van der Waals surface area contributed by atoms with Gasteiger partial charge in [-0.25, -0.2) is 4.98 Å². The molecule has 7 heteroatoms. The number of nitrogens with zero attached hydrogens (tertiary/aromatic N) is 3. The van der Waals surface area contributed by atoms with Crippen LogP contribution in [0.15, 0.2) is 12.4 Å². The number of aliphatic carboxylic acids is 1. The Balaban J connectivity index is 2.12. The first-order chi connectivity index (χ1) is 10.2. The topological polar surface area (TPSA) is 80.0 Å². The van der Waals surface area contributed by atoms with Crippen LogP contribution in [0, 0.1) is 6.92 Å². The Kier molecular flexibility index (Phi) is 4.67. The summed E-state index contributed by atoms with van der Waals surface area (Å²) in [7, 11) is 1.79. The van der Waals surface area contributed by atoms with Crippen molar-refractivity contribution in [1.82, 2.24) is 20.1 Å². The lowest BCUT2D eigenvalue weighted by molar-refractivity contribution is -0.139. The first-order valence-corrected chi connectivity index (χ1v) is 7.91. The van der Waals surface area contributed by atoms with E-state index in [9.17, 15) is 9.90 Å². The summed E-state index contributed by atoms with van der Waals surface area (Å²) in [6.07, 6.45) is 3.56. The molecule has 0 saturated carbocycles.